The van der Waals surface area contributed by atoms with Gasteiger partial charge in [0.1, 0.15) is 5.75 Å². The Kier molecular flexibility index (Phi) is 7.56. The van der Waals surface area contributed by atoms with E-state index in [9.17, 15) is 0 Å². The maximum Gasteiger partial charge on any atom is 0.170 e. The Morgan fingerprint density at radius 2 is 1.75 bits per heavy atom. The molecule has 0 spiro atoms. The minimum absolute atomic E-state index is 0.562. The molecule has 2 aromatic rings. The molecule has 0 bridgehead atoms. The number of benzene rings is 2. The van der Waals surface area contributed by atoms with Gasteiger partial charge in [0, 0.05) is 12.2 Å². The number of nitrogens with one attached hydrogen (secondary N) is 2. The number of hydrogen-bond acceptors (Lipinski definition) is 2. The highest BCUT2D eigenvalue weighted by molar-refractivity contribution is 7.80. The van der Waals surface area contributed by atoms with Crippen molar-refractivity contribution >= 4 is 23.0 Å². The van der Waals surface area contributed by atoms with Crippen molar-refractivity contribution in [3.63, 3.8) is 0 Å². The van der Waals surface area contributed by atoms with Crippen LogP contribution in [0.15, 0.2) is 54.6 Å². The number of ether oxygens (including phenoxy) is 1. The number of rotatable bonds is 8. The normalized spacial score (nSPS) is 11.6. The molecule has 0 amide bonds. The van der Waals surface area contributed by atoms with Crippen LogP contribution < -0.4 is 15.4 Å². The summed E-state index contributed by atoms with van der Waals surface area (Å²) in [6.45, 7) is 5.74. The van der Waals surface area contributed by atoms with Gasteiger partial charge in [-0.3, -0.25) is 0 Å². The van der Waals surface area contributed by atoms with E-state index in [0.29, 0.717) is 17.6 Å². The zero-order valence-corrected chi connectivity index (χ0v) is 15.2. The first-order chi connectivity index (χ1) is 11.7. The molecule has 0 heterocycles. The molecule has 0 aliphatic heterocycles. The summed E-state index contributed by atoms with van der Waals surface area (Å²) in [5.41, 5.74) is 2.34. The first-order valence-electron chi connectivity index (χ1n) is 8.53. The molecule has 128 valence electrons. The van der Waals surface area contributed by atoms with Crippen LogP contribution in [0.5, 0.6) is 5.75 Å². The Morgan fingerprint density at radius 3 is 2.38 bits per heavy atom. The van der Waals surface area contributed by atoms with Crippen LogP contribution in [-0.4, -0.2) is 18.3 Å². The second-order valence-electron chi connectivity index (χ2n) is 5.76. The van der Waals surface area contributed by atoms with Crippen molar-refractivity contribution in [2.75, 3.05) is 18.5 Å². The molecule has 2 aromatic carbocycles. The van der Waals surface area contributed by atoms with Crippen LogP contribution >= 0.6 is 12.2 Å². The van der Waals surface area contributed by atoms with Gasteiger partial charge in [-0.25, -0.2) is 0 Å². The molecule has 0 aliphatic rings. The van der Waals surface area contributed by atoms with Gasteiger partial charge in [-0.1, -0.05) is 43.7 Å². The Balaban J connectivity index is 1.78. The third-order valence-corrected chi connectivity index (χ3v) is 4.17. The van der Waals surface area contributed by atoms with Gasteiger partial charge in [0.05, 0.1) is 6.61 Å². The smallest absolute Gasteiger partial charge is 0.170 e. The molecule has 0 aromatic heterocycles. The third-order valence-electron chi connectivity index (χ3n) is 3.92. The minimum atomic E-state index is 0.562. The quantitative estimate of drug-likeness (QED) is 0.685. The second kappa shape index (κ2) is 9.93. The van der Waals surface area contributed by atoms with Gasteiger partial charge in [0.2, 0.25) is 0 Å². The van der Waals surface area contributed by atoms with Crippen LogP contribution in [0, 0.1) is 5.92 Å². The highest BCUT2D eigenvalue weighted by atomic mass is 32.1. The van der Waals surface area contributed by atoms with E-state index in [-0.39, 0.29) is 0 Å². The van der Waals surface area contributed by atoms with E-state index in [0.717, 1.165) is 30.8 Å². The first kappa shape index (κ1) is 18.3. The average molecular weight is 343 g/mol. The fraction of sp³-hybridized carbons (Fsp3) is 0.350. The molecule has 0 saturated heterocycles. The lowest BCUT2D eigenvalue weighted by molar-refractivity contribution is 0.340. The van der Waals surface area contributed by atoms with Crippen LogP contribution in [0.4, 0.5) is 5.69 Å². The van der Waals surface area contributed by atoms with Gasteiger partial charge >= 0.3 is 0 Å². The predicted molar refractivity (Wildman–Crippen MR) is 106 cm³/mol. The van der Waals surface area contributed by atoms with Crippen LogP contribution in [-0.2, 0) is 6.42 Å². The summed E-state index contributed by atoms with van der Waals surface area (Å²) in [6.07, 6.45) is 2.18. The average Bonchev–Trinajstić information content (AvgIpc) is 2.61. The van der Waals surface area contributed by atoms with Gasteiger partial charge in [-0.2, -0.15) is 0 Å². The Labute approximate surface area is 150 Å². The van der Waals surface area contributed by atoms with Gasteiger partial charge < -0.3 is 15.4 Å². The maximum atomic E-state index is 5.44. The summed E-state index contributed by atoms with van der Waals surface area (Å²) in [6, 6.07) is 18.4. The molecule has 24 heavy (non-hydrogen) atoms. The fourth-order valence-electron chi connectivity index (χ4n) is 2.52. The summed E-state index contributed by atoms with van der Waals surface area (Å²) >= 11 is 5.40. The van der Waals surface area contributed by atoms with Crippen molar-refractivity contribution in [1.29, 1.82) is 0 Å². The van der Waals surface area contributed by atoms with E-state index in [4.69, 9.17) is 17.0 Å². The summed E-state index contributed by atoms with van der Waals surface area (Å²) in [4.78, 5) is 0. The molecule has 2 rings (SSSR count). The van der Waals surface area contributed by atoms with Crippen molar-refractivity contribution in [2.45, 2.75) is 26.7 Å². The van der Waals surface area contributed by atoms with Crippen molar-refractivity contribution in [3.05, 3.63) is 60.2 Å². The zero-order chi connectivity index (χ0) is 17.2. The van der Waals surface area contributed by atoms with E-state index in [2.05, 4.69) is 47.9 Å². The molecular formula is C20H26N2OS. The van der Waals surface area contributed by atoms with Crippen molar-refractivity contribution < 1.29 is 4.74 Å². The number of anilines is 1. The Hall–Kier alpha value is -2.07. The third kappa shape index (κ3) is 6.20. The highest BCUT2D eigenvalue weighted by Gasteiger charge is 2.08. The largest absolute Gasteiger partial charge is 0.494 e. The van der Waals surface area contributed by atoms with Gasteiger partial charge in [-0.05, 0) is 61.3 Å². The molecule has 1 atom stereocenters. The van der Waals surface area contributed by atoms with Crippen LogP contribution in [0.25, 0.3) is 0 Å². The SMILES string of the molecule is CCOc1ccc(NC(=S)NC[C@@H](CC)Cc2ccccc2)cc1. The monoisotopic (exact) mass is 342 g/mol. The van der Waals surface area contributed by atoms with E-state index in [1.54, 1.807) is 0 Å². The van der Waals surface area contributed by atoms with E-state index < -0.39 is 0 Å². The van der Waals surface area contributed by atoms with Crippen LogP contribution in [0.2, 0.25) is 0 Å². The lowest BCUT2D eigenvalue weighted by atomic mass is 9.97. The second-order valence-corrected chi connectivity index (χ2v) is 6.16. The van der Waals surface area contributed by atoms with Crippen molar-refractivity contribution in [2.24, 2.45) is 5.92 Å². The van der Waals surface area contributed by atoms with Gasteiger partial charge in [0.15, 0.2) is 5.11 Å². The molecule has 4 heteroatoms. The maximum absolute atomic E-state index is 5.44. The molecule has 0 fully saturated rings. The molecule has 0 saturated carbocycles. The fourth-order valence-corrected chi connectivity index (χ4v) is 2.72. The molecule has 0 radical (unpaired) electrons. The van der Waals surface area contributed by atoms with E-state index in [1.165, 1.54) is 5.56 Å². The minimum Gasteiger partial charge on any atom is -0.494 e. The Morgan fingerprint density at radius 1 is 1.04 bits per heavy atom. The predicted octanol–water partition coefficient (Wildman–Crippen LogP) is 4.64. The number of hydrogen-bond donors (Lipinski definition) is 2. The zero-order valence-electron chi connectivity index (χ0n) is 14.4. The number of thiocarbonyl (C=S) groups is 1. The van der Waals surface area contributed by atoms with E-state index >= 15 is 0 Å². The van der Waals surface area contributed by atoms with Gasteiger partial charge in [0.25, 0.3) is 0 Å². The molecule has 0 aliphatic carbocycles. The standard InChI is InChI=1S/C20H26N2OS/c1-3-16(14-17-8-6-5-7-9-17)15-21-20(24)22-18-10-12-19(13-11-18)23-4-2/h5-13,16H,3-4,14-15H2,1-2H3,(H2,21,22,24)/t16-/m0/s1. The lowest BCUT2D eigenvalue weighted by Crippen LogP contribution is -2.33. The van der Waals surface area contributed by atoms with Crippen molar-refractivity contribution in [1.82, 2.24) is 5.32 Å². The Bertz CT molecular complexity index is 613. The summed E-state index contributed by atoms with van der Waals surface area (Å²) in [5, 5.41) is 7.21. The summed E-state index contributed by atoms with van der Waals surface area (Å²) in [7, 11) is 0. The summed E-state index contributed by atoms with van der Waals surface area (Å²) < 4.78 is 5.44. The van der Waals surface area contributed by atoms with Crippen molar-refractivity contribution in [3.8, 4) is 5.75 Å². The molecule has 2 N–H and O–H groups in total. The summed E-state index contributed by atoms with van der Waals surface area (Å²) in [5.74, 6) is 1.43. The molecular weight excluding hydrogens is 316 g/mol. The van der Waals surface area contributed by atoms with E-state index in [1.807, 2.05) is 31.2 Å². The van der Waals surface area contributed by atoms with Crippen LogP contribution in [0.3, 0.4) is 0 Å². The van der Waals surface area contributed by atoms with Crippen LogP contribution in [0.1, 0.15) is 25.8 Å². The molecule has 0 unspecified atom stereocenters. The highest BCUT2D eigenvalue weighted by Crippen LogP contribution is 2.16. The topological polar surface area (TPSA) is 33.3 Å². The molecule has 3 nitrogen and oxygen atoms in total. The van der Waals surface area contributed by atoms with Gasteiger partial charge in [-0.15, -0.1) is 0 Å². The first-order valence-corrected chi connectivity index (χ1v) is 8.93. The lowest BCUT2D eigenvalue weighted by Gasteiger charge is -2.18.